The molecule has 26 heavy (non-hydrogen) atoms. The number of aromatic nitrogens is 2. The van der Waals surface area contributed by atoms with Crippen LogP contribution in [0, 0.1) is 5.92 Å². The predicted octanol–water partition coefficient (Wildman–Crippen LogP) is 1.70. The van der Waals surface area contributed by atoms with Crippen molar-refractivity contribution in [3.63, 3.8) is 0 Å². The van der Waals surface area contributed by atoms with Gasteiger partial charge >= 0.3 is 0 Å². The molecule has 0 aliphatic carbocycles. The maximum atomic E-state index is 12.6. The lowest BCUT2D eigenvalue weighted by molar-refractivity contribution is -0.122. The van der Waals surface area contributed by atoms with Gasteiger partial charge in [-0.25, -0.2) is 0 Å². The second-order valence-electron chi connectivity index (χ2n) is 6.45. The summed E-state index contributed by atoms with van der Waals surface area (Å²) in [6.07, 6.45) is 2.69. The van der Waals surface area contributed by atoms with Crippen LogP contribution in [0.1, 0.15) is 19.0 Å². The minimum atomic E-state index is -0.405. The molecule has 1 unspecified atom stereocenters. The van der Waals surface area contributed by atoms with E-state index in [2.05, 4.69) is 10.4 Å². The highest BCUT2D eigenvalue weighted by Gasteiger charge is 2.36. The van der Waals surface area contributed by atoms with Crippen LogP contribution in [0.25, 0.3) is 0 Å². The molecule has 2 aromatic rings. The second kappa shape index (κ2) is 6.36. The van der Waals surface area contributed by atoms with Crippen LogP contribution in [-0.4, -0.2) is 34.9 Å². The lowest BCUT2D eigenvalue weighted by Gasteiger charge is -2.17. The topological polar surface area (TPSA) is 85.7 Å². The van der Waals surface area contributed by atoms with Gasteiger partial charge in [-0.1, -0.05) is 6.92 Å². The first kappa shape index (κ1) is 16.4. The van der Waals surface area contributed by atoms with Crippen molar-refractivity contribution < 1.29 is 19.1 Å². The number of fused-ring (bicyclic) bond motifs is 1. The molecule has 8 nitrogen and oxygen atoms in total. The van der Waals surface area contributed by atoms with Crippen molar-refractivity contribution >= 4 is 23.2 Å². The monoisotopic (exact) mass is 356 g/mol. The van der Waals surface area contributed by atoms with E-state index in [0.717, 1.165) is 12.1 Å². The van der Waals surface area contributed by atoms with Crippen molar-refractivity contribution in [3.8, 4) is 11.5 Å². The van der Waals surface area contributed by atoms with Gasteiger partial charge in [-0.15, -0.1) is 0 Å². The van der Waals surface area contributed by atoms with Crippen LogP contribution in [0.3, 0.4) is 0 Å². The van der Waals surface area contributed by atoms with Crippen LogP contribution < -0.4 is 19.7 Å². The molecule has 1 aromatic carbocycles. The highest BCUT2D eigenvalue weighted by atomic mass is 16.7. The van der Waals surface area contributed by atoms with E-state index in [1.165, 1.54) is 0 Å². The molecule has 0 radical (unpaired) electrons. The Labute approximate surface area is 150 Å². The van der Waals surface area contributed by atoms with Crippen molar-refractivity contribution in [1.29, 1.82) is 0 Å². The molecule has 2 aliphatic heterocycles. The molecule has 3 heterocycles. The van der Waals surface area contributed by atoms with Crippen molar-refractivity contribution in [3.05, 3.63) is 30.1 Å². The maximum Gasteiger partial charge on any atom is 0.231 e. The third kappa shape index (κ3) is 2.87. The number of nitrogens with one attached hydrogen (secondary N) is 1. The Morgan fingerprint density at radius 2 is 2.15 bits per heavy atom. The quantitative estimate of drug-likeness (QED) is 0.901. The van der Waals surface area contributed by atoms with E-state index >= 15 is 0 Å². The molecule has 2 amide bonds. The number of hydrogen-bond acceptors (Lipinski definition) is 5. The van der Waals surface area contributed by atoms with E-state index in [0.29, 0.717) is 29.4 Å². The van der Waals surface area contributed by atoms with Crippen LogP contribution in [0.5, 0.6) is 11.5 Å². The van der Waals surface area contributed by atoms with Crippen LogP contribution in [0.15, 0.2) is 24.4 Å². The van der Waals surface area contributed by atoms with Gasteiger partial charge in [0.05, 0.1) is 17.3 Å². The summed E-state index contributed by atoms with van der Waals surface area (Å²) in [4.78, 5) is 26.7. The third-order valence-electron chi connectivity index (χ3n) is 4.66. The Morgan fingerprint density at radius 3 is 2.96 bits per heavy atom. The van der Waals surface area contributed by atoms with E-state index in [1.807, 2.05) is 20.0 Å². The fraction of sp³-hybridized carbons (Fsp3) is 0.389. The molecule has 136 valence electrons. The smallest absolute Gasteiger partial charge is 0.231 e. The summed E-state index contributed by atoms with van der Waals surface area (Å²) in [7, 11) is 1.81. The Bertz CT molecular complexity index is 876. The minimum absolute atomic E-state index is 0.0779. The van der Waals surface area contributed by atoms with Gasteiger partial charge in [-0.05, 0) is 18.6 Å². The first-order valence-corrected chi connectivity index (χ1v) is 8.58. The van der Waals surface area contributed by atoms with Crippen LogP contribution in [0.4, 0.5) is 11.4 Å². The molecular formula is C18H20N4O4. The normalized spacial score (nSPS) is 18.5. The molecule has 1 atom stereocenters. The first-order valence-electron chi connectivity index (χ1n) is 8.58. The zero-order chi connectivity index (χ0) is 18.3. The number of ether oxygens (including phenoxy) is 2. The number of aryl methyl sites for hydroxylation is 2. The van der Waals surface area contributed by atoms with E-state index in [-0.39, 0.29) is 25.0 Å². The number of amides is 2. The van der Waals surface area contributed by atoms with E-state index < -0.39 is 5.92 Å². The molecular weight excluding hydrogens is 336 g/mol. The van der Waals surface area contributed by atoms with Crippen LogP contribution >= 0.6 is 0 Å². The largest absolute Gasteiger partial charge is 0.454 e. The van der Waals surface area contributed by atoms with Crippen molar-refractivity contribution in [2.24, 2.45) is 13.0 Å². The van der Waals surface area contributed by atoms with Gasteiger partial charge in [-0.2, -0.15) is 5.10 Å². The van der Waals surface area contributed by atoms with E-state index in [1.54, 1.807) is 27.9 Å². The van der Waals surface area contributed by atoms with Gasteiger partial charge < -0.3 is 19.7 Å². The number of carbonyl (C=O) groups excluding carboxylic acids is 2. The predicted molar refractivity (Wildman–Crippen MR) is 94.2 cm³/mol. The molecule has 1 fully saturated rings. The third-order valence-corrected chi connectivity index (χ3v) is 4.66. The SMILES string of the molecule is CCc1nn(C)cc1NC(=O)C1CC(=O)N(c2ccc3c(c2)OCO3)C1. The molecule has 1 saturated heterocycles. The van der Waals surface area contributed by atoms with Gasteiger partial charge in [0.1, 0.15) is 0 Å². The number of hydrogen-bond donors (Lipinski definition) is 1. The molecule has 0 bridgehead atoms. The average Bonchev–Trinajstić information content (AvgIpc) is 3.32. The molecule has 0 spiro atoms. The zero-order valence-corrected chi connectivity index (χ0v) is 14.7. The molecule has 1 aromatic heterocycles. The van der Waals surface area contributed by atoms with Gasteiger partial charge in [0, 0.05) is 38.0 Å². The van der Waals surface area contributed by atoms with Gasteiger partial charge in [0.15, 0.2) is 11.5 Å². The number of anilines is 2. The average molecular weight is 356 g/mol. The first-order chi connectivity index (χ1) is 12.5. The summed E-state index contributed by atoms with van der Waals surface area (Å²) < 4.78 is 12.3. The van der Waals surface area contributed by atoms with Gasteiger partial charge in [0.25, 0.3) is 0 Å². The summed E-state index contributed by atoms with van der Waals surface area (Å²) in [6.45, 7) is 2.51. The Kier molecular flexibility index (Phi) is 4.02. The number of nitrogens with zero attached hydrogens (tertiary/aromatic N) is 3. The van der Waals surface area contributed by atoms with Gasteiger partial charge in [-0.3, -0.25) is 14.3 Å². The summed E-state index contributed by atoms with van der Waals surface area (Å²) in [5.74, 6) is 0.637. The summed E-state index contributed by atoms with van der Waals surface area (Å²) >= 11 is 0. The van der Waals surface area contributed by atoms with Crippen molar-refractivity contribution in [2.45, 2.75) is 19.8 Å². The molecule has 2 aliphatic rings. The summed E-state index contributed by atoms with van der Waals surface area (Å²) in [5.41, 5.74) is 2.25. The Hall–Kier alpha value is -3.03. The number of benzene rings is 1. The maximum absolute atomic E-state index is 12.6. The van der Waals surface area contributed by atoms with Gasteiger partial charge in [0.2, 0.25) is 18.6 Å². The lowest BCUT2D eigenvalue weighted by Crippen LogP contribution is -2.28. The molecule has 1 N–H and O–H groups in total. The Balaban J connectivity index is 1.48. The lowest BCUT2D eigenvalue weighted by atomic mass is 10.1. The number of rotatable bonds is 4. The molecule has 0 saturated carbocycles. The standard InChI is InChI=1S/C18H20N4O4/c1-3-13-14(9-21(2)20-13)19-18(24)11-6-17(23)22(8-11)12-4-5-15-16(7-12)26-10-25-15/h4-5,7,9,11H,3,6,8,10H2,1-2H3,(H,19,24). The fourth-order valence-corrected chi connectivity index (χ4v) is 3.32. The minimum Gasteiger partial charge on any atom is -0.454 e. The molecule has 8 heteroatoms. The van der Waals surface area contributed by atoms with Crippen molar-refractivity contribution in [1.82, 2.24) is 9.78 Å². The van der Waals surface area contributed by atoms with E-state index in [9.17, 15) is 9.59 Å². The summed E-state index contributed by atoms with van der Waals surface area (Å²) in [6, 6.07) is 5.36. The highest BCUT2D eigenvalue weighted by molar-refractivity contribution is 6.03. The number of carbonyl (C=O) groups is 2. The van der Waals surface area contributed by atoms with Crippen molar-refractivity contribution in [2.75, 3.05) is 23.6 Å². The second-order valence-corrected chi connectivity index (χ2v) is 6.45. The van der Waals surface area contributed by atoms with Crippen LogP contribution in [0.2, 0.25) is 0 Å². The summed E-state index contributed by atoms with van der Waals surface area (Å²) in [5, 5.41) is 7.23. The van der Waals surface area contributed by atoms with Crippen LogP contribution in [-0.2, 0) is 23.1 Å². The highest BCUT2D eigenvalue weighted by Crippen LogP contribution is 2.37. The Morgan fingerprint density at radius 1 is 1.35 bits per heavy atom. The fourth-order valence-electron chi connectivity index (χ4n) is 3.32. The molecule has 4 rings (SSSR count). The zero-order valence-electron chi connectivity index (χ0n) is 14.7. The van der Waals surface area contributed by atoms with E-state index in [4.69, 9.17) is 9.47 Å².